The molecule has 2 heteroatoms. The molecule has 11 heavy (non-hydrogen) atoms. The molecule has 1 aromatic carbocycles. The van der Waals surface area contributed by atoms with Gasteiger partial charge in [0.05, 0.1) is 0 Å². The molecule has 0 saturated heterocycles. The average Bonchev–Trinajstić information content (AvgIpc) is 2.04. The Bertz CT molecular complexity index is 233. The molecule has 0 fully saturated rings. The first-order valence-electron chi connectivity index (χ1n) is 3.62. The topological polar surface area (TPSA) is 3.24 Å². The largest absolute Gasteiger partial charge is 0.377 e. The Morgan fingerprint density at radius 3 is 2.36 bits per heavy atom. The molecule has 0 aliphatic rings. The van der Waals surface area contributed by atoms with Gasteiger partial charge in [-0.05, 0) is 11.6 Å². The number of anilines is 1. The van der Waals surface area contributed by atoms with Crippen molar-refractivity contribution in [2.45, 2.75) is 5.75 Å². The average molecular weight is 167 g/mol. The van der Waals surface area contributed by atoms with Crippen molar-refractivity contribution in [3.63, 3.8) is 0 Å². The molecule has 0 spiro atoms. The summed E-state index contributed by atoms with van der Waals surface area (Å²) >= 11 is 4.25. The number of thiol groups is 1. The molecule has 0 aliphatic heterocycles. The van der Waals surface area contributed by atoms with E-state index in [2.05, 4.69) is 29.7 Å². The van der Waals surface area contributed by atoms with Gasteiger partial charge in [0.1, 0.15) is 0 Å². The summed E-state index contributed by atoms with van der Waals surface area (Å²) in [5, 5.41) is 0. The smallest absolute Gasteiger partial charge is 0.0401 e. The van der Waals surface area contributed by atoms with Crippen molar-refractivity contribution < 1.29 is 0 Å². The van der Waals surface area contributed by atoms with E-state index in [9.17, 15) is 0 Å². The van der Waals surface area contributed by atoms with Crippen molar-refractivity contribution in [3.05, 3.63) is 29.8 Å². The van der Waals surface area contributed by atoms with Crippen LogP contribution in [0.1, 0.15) is 5.56 Å². The highest BCUT2D eigenvalue weighted by Gasteiger charge is 1.99. The second-order valence-electron chi connectivity index (χ2n) is 2.68. The zero-order chi connectivity index (χ0) is 8.27. The Labute approximate surface area is 73.4 Å². The molecule has 0 atom stereocenters. The first-order chi connectivity index (χ1) is 5.25. The van der Waals surface area contributed by atoms with Crippen molar-refractivity contribution in [2.75, 3.05) is 19.0 Å². The number of benzene rings is 1. The van der Waals surface area contributed by atoms with E-state index in [1.165, 1.54) is 11.3 Å². The maximum Gasteiger partial charge on any atom is 0.0401 e. The van der Waals surface area contributed by atoms with Crippen LogP contribution in [0.15, 0.2) is 24.3 Å². The summed E-state index contributed by atoms with van der Waals surface area (Å²) < 4.78 is 0. The molecular formula is C9H13NS. The molecule has 0 amide bonds. The van der Waals surface area contributed by atoms with Crippen LogP contribution in [-0.4, -0.2) is 14.1 Å². The predicted molar refractivity (Wildman–Crippen MR) is 53.5 cm³/mol. The van der Waals surface area contributed by atoms with Crippen LogP contribution in [0.2, 0.25) is 0 Å². The van der Waals surface area contributed by atoms with Crippen LogP contribution >= 0.6 is 12.6 Å². The summed E-state index contributed by atoms with van der Waals surface area (Å²) in [5.41, 5.74) is 2.53. The highest BCUT2D eigenvalue weighted by molar-refractivity contribution is 7.79. The molecule has 1 rings (SSSR count). The van der Waals surface area contributed by atoms with Crippen LogP contribution < -0.4 is 4.90 Å². The molecule has 0 heterocycles. The summed E-state index contributed by atoms with van der Waals surface area (Å²) in [6.45, 7) is 0. The summed E-state index contributed by atoms with van der Waals surface area (Å²) in [6.07, 6.45) is 0. The molecule has 1 aromatic rings. The fraction of sp³-hybridized carbons (Fsp3) is 0.333. The molecule has 1 nitrogen and oxygen atoms in total. The summed E-state index contributed by atoms with van der Waals surface area (Å²) in [5.74, 6) is 0.800. The van der Waals surface area contributed by atoms with E-state index in [0.29, 0.717) is 0 Å². The number of nitrogens with zero attached hydrogens (tertiary/aromatic N) is 1. The van der Waals surface area contributed by atoms with Gasteiger partial charge in [0, 0.05) is 25.5 Å². The van der Waals surface area contributed by atoms with E-state index in [4.69, 9.17) is 0 Å². The van der Waals surface area contributed by atoms with Gasteiger partial charge in [0.15, 0.2) is 0 Å². The minimum atomic E-state index is 0.800. The Balaban J connectivity index is 3.02. The van der Waals surface area contributed by atoms with E-state index >= 15 is 0 Å². The normalized spacial score (nSPS) is 9.73. The van der Waals surface area contributed by atoms with Gasteiger partial charge in [0.25, 0.3) is 0 Å². The van der Waals surface area contributed by atoms with Crippen LogP contribution in [0.4, 0.5) is 5.69 Å². The third kappa shape index (κ3) is 1.90. The van der Waals surface area contributed by atoms with Crippen LogP contribution in [0, 0.1) is 0 Å². The zero-order valence-electron chi connectivity index (χ0n) is 6.91. The van der Waals surface area contributed by atoms with Gasteiger partial charge in [-0.2, -0.15) is 12.6 Å². The summed E-state index contributed by atoms with van der Waals surface area (Å²) in [6, 6.07) is 8.29. The fourth-order valence-corrected chi connectivity index (χ4v) is 1.35. The lowest BCUT2D eigenvalue weighted by atomic mass is 10.2. The lowest BCUT2D eigenvalue weighted by Gasteiger charge is -2.15. The standard InChI is InChI=1S/C9H13NS/c1-10(2)9-6-4-3-5-8(9)7-11/h3-6,11H,7H2,1-2H3. The van der Waals surface area contributed by atoms with E-state index in [1.807, 2.05) is 26.2 Å². The maximum atomic E-state index is 4.25. The molecule has 0 radical (unpaired) electrons. The summed E-state index contributed by atoms with van der Waals surface area (Å²) in [4.78, 5) is 2.10. The van der Waals surface area contributed by atoms with Crippen LogP contribution in [-0.2, 0) is 5.75 Å². The molecule has 0 N–H and O–H groups in total. The highest BCUT2D eigenvalue weighted by Crippen LogP contribution is 2.18. The van der Waals surface area contributed by atoms with Gasteiger partial charge in [-0.3, -0.25) is 0 Å². The molecule has 0 unspecified atom stereocenters. The van der Waals surface area contributed by atoms with E-state index in [-0.39, 0.29) is 0 Å². The van der Waals surface area contributed by atoms with Gasteiger partial charge in [0.2, 0.25) is 0 Å². The minimum Gasteiger partial charge on any atom is -0.377 e. The Hall–Kier alpha value is -0.630. The lowest BCUT2D eigenvalue weighted by molar-refractivity contribution is 1.11. The van der Waals surface area contributed by atoms with Crippen molar-refractivity contribution in [1.82, 2.24) is 0 Å². The molecule has 0 bridgehead atoms. The van der Waals surface area contributed by atoms with Crippen LogP contribution in [0.25, 0.3) is 0 Å². The number of hydrogen-bond acceptors (Lipinski definition) is 2. The monoisotopic (exact) mass is 167 g/mol. The lowest BCUT2D eigenvalue weighted by Crippen LogP contribution is -2.10. The second kappa shape index (κ2) is 3.67. The third-order valence-corrected chi connectivity index (χ3v) is 1.98. The van der Waals surface area contributed by atoms with Crippen LogP contribution in [0.3, 0.4) is 0 Å². The molecular weight excluding hydrogens is 154 g/mol. The number of rotatable bonds is 2. The van der Waals surface area contributed by atoms with Gasteiger partial charge < -0.3 is 4.90 Å². The molecule has 0 saturated carbocycles. The van der Waals surface area contributed by atoms with Gasteiger partial charge in [-0.15, -0.1) is 0 Å². The van der Waals surface area contributed by atoms with Gasteiger partial charge in [-0.1, -0.05) is 18.2 Å². The van der Waals surface area contributed by atoms with Crippen molar-refractivity contribution in [1.29, 1.82) is 0 Å². The SMILES string of the molecule is CN(C)c1ccccc1CS. The first-order valence-corrected chi connectivity index (χ1v) is 4.25. The van der Waals surface area contributed by atoms with E-state index < -0.39 is 0 Å². The Morgan fingerprint density at radius 2 is 1.91 bits per heavy atom. The Kier molecular flexibility index (Phi) is 2.83. The highest BCUT2D eigenvalue weighted by atomic mass is 32.1. The Morgan fingerprint density at radius 1 is 1.27 bits per heavy atom. The van der Waals surface area contributed by atoms with Crippen LogP contribution in [0.5, 0.6) is 0 Å². The summed E-state index contributed by atoms with van der Waals surface area (Å²) in [7, 11) is 4.09. The van der Waals surface area contributed by atoms with Gasteiger partial charge in [-0.25, -0.2) is 0 Å². The molecule has 0 aliphatic carbocycles. The van der Waals surface area contributed by atoms with Gasteiger partial charge >= 0.3 is 0 Å². The number of hydrogen-bond donors (Lipinski definition) is 1. The maximum absolute atomic E-state index is 4.25. The van der Waals surface area contributed by atoms with Crippen molar-refractivity contribution in [3.8, 4) is 0 Å². The predicted octanol–water partition coefficient (Wildman–Crippen LogP) is 2.18. The zero-order valence-corrected chi connectivity index (χ0v) is 7.81. The van der Waals surface area contributed by atoms with E-state index in [0.717, 1.165) is 5.75 Å². The van der Waals surface area contributed by atoms with Crippen molar-refractivity contribution in [2.24, 2.45) is 0 Å². The second-order valence-corrected chi connectivity index (χ2v) is 3.00. The quantitative estimate of drug-likeness (QED) is 0.661. The minimum absolute atomic E-state index is 0.800. The van der Waals surface area contributed by atoms with E-state index in [1.54, 1.807) is 0 Å². The number of para-hydroxylation sites is 1. The fourth-order valence-electron chi connectivity index (χ4n) is 1.08. The molecule has 60 valence electrons. The molecule has 0 aromatic heterocycles. The van der Waals surface area contributed by atoms with Crippen molar-refractivity contribution >= 4 is 18.3 Å². The third-order valence-electron chi connectivity index (χ3n) is 1.64. The first kappa shape index (κ1) is 8.47.